The zero-order valence-corrected chi connectivity index (χ0v) is 12.2. The Labute approximate surface area is 118 Å². The lowest BCUT2D eigenvalue weighted by Gasteiger charge is -2.01. The minimum atomic E-state index is 0.813. The molecule has 0 atom stereocenters. The van der Waals surface area contributed by atoms with Gasteiger partial charge in [0.25, 0.3) is 0 Å². The number of halogens is 1. The number of aromatic nitrogens is 1. The van der Waals surface area contributed by atoms with Crippen LogP contribution in [0.3, 0.4) is 0 Å². The van der Waals surface area contributed by atoms with Crippen LogP contribution in [-0.2, 0) is 0 Å². The number of hydrogen-bond donors (Lipinski definition) is 1. The van der Waals surface area contributed by atoms with Crippen LogP contribution >= 0.6 is 27.3 Å². The van der Waals surface area contributed by atoms with Gasteiger partial charge in [0.05, 0.1) is 10.2 Å². The zero-order valence-electron chi connectivity index (χ0n) is 9.77. The highest BCUT2D eigenvalue weighted by atomic mass is 79.9. The van der Waals surface area contributed by atoms with Crippen LogP contribution in [0.2, 0.25) is 0 Å². The average Bonchev–Trinajstić information content (AvgIpc) is 2.75. The van der Waals surface area contributed by atoms with Crippen LogP contribution in [0.15, 0.2) is 40.9 Å². The van der Waals surface area contributed by atoms with Gasteiger partial charge >= 0.3 is 0 Å². The first-order valence-electron chi connectivity index (χ1n) is 5.56. The predicted molar refractivity (Wildman–Crippen MR) is 81.9 cm³/mol. The summed E-state index contributed by atoms with van der Waals surface area (Å²) in [4.78, 5) is 4.64. The number of nitrogens with two attached hydrogens (primary N) is 1. The summed E-state index contributed by atoms with van der Waals surface area (Å²) in [5.41, 5.74) is 9.96. The van der Waals surface area contributed by atoms with E-state index >= 15 is 0 Å². The maximum absolute atomic E-state index is 5.95. The van der Waals surface area contributed by atoms with Crippen LogP contribution in [0.1, 0.15) is 5.56 Å². The summed E-state index contributed by atoms with van der Waals surface area (Å²) in [6, 6.07) is 12.2. The van der Waals surface area contributed by atoms with Crippen LogP contribution in [0.25, 0.3) is 20.8 Å². The summed E-state index contributed by atoms with van der Waals surface area (Å²) in [6.07, 6.45) is 0. The lowest BCUT2D eigenvalue weighted by molar-refractivity contribution is 1.44. The molecule has 1 aromatic heterocycles. The second-order valence-corrected chi connectivity index (χ2v) is 6.15. The van der Waals surface area contributed by atoms with Crippen LogP contribution in [0.5, 0.6) is 0 Å². The van der Waals surface area contributed by atoms with Crippen molar-refractivity contribution in [1.82, 2.24) is 4.98 Å². The van der Waals surface area contributed by atoms with Crippen molar-refractivity contribution in [3.63, 3.8) is 0 Å². The lowest BCUT2D eigenvalue weighted by Crippen LogP contribution is -1.89. The second-order valence-electron chi connectivity index (χ2n) is 4.20. The maximum Gasteiger partial charge on any atom is 0.124 e. The molecule has 1 heterocycles. The van der Waals surface area contributed by atoms with E-state index < -0.39 is 0 Å². The van der Waals surface area contributed by atoms with Gasteiger partial charge < -0.3 is 5.73 Å². The minimum Gasteiger partial charge on any atom is -0.398 e. The second kappa shape index (κ2) is 4.37. The third-order valence-corrected chi connectivity index (χ3v) is 4.44. The Morgan fingerprint density at radius 3 is 2.78 bits per heavy atom. The first-order valence-corrected chi connectivity index (χ1v) is 7.17. The van der Waals surface area contributed by atoms with Crippen molar-refractivity contribution in [2.24, 2.45) is 0 Å². The zero-order chi connectivity index (χ0) is 12.7. The summed E-state index contributed by atoms with van der Waals surface area (Å²) in [6.45, 7) is 2.01. The normalized spacial score (nSPS) is 11.0. The molecule has 90 valence electrons. The summed E-state index contributed by atoms with van der Waals surface area (Å²) >= 11 is 5.16. The molecule has 18 heavy (non-hydrogen) atoms. The van der Waals surface area contributed by atoms with Crippen LogP contribution in [0.4, 0.5) is 5.69 Å². The Bertz CT molecular complexity index is 734. The molecule has 0 fully saturated rings. The standard InChI is InChI=1S/C14H11BrN2S/c1-8-2-3-9(6-11(8)16)14-17-12-5-4-10(15)7-13(12)18-14/h2-7H,16H2,1H3. The topological polar surface area (TPSA) is 38.9 Å². The fraction of sp³-hybridized carbons (Fsp3) is 0.0714. The molecular weight excluding hydrogens is 308 g/mol. The maximum atomic E-state index is 5.95. The molecule has 0 saturated heterocycles. The molecule has 3 rings (SSSR count). The molecule has 3 aromatic rings. The molecule has 0 spiro atoms. The van der Waals surface area contributed by atoms with Crippen molar-refractivity contribution in [2.75, 3.05) is 5.73 Å². The smallest absolute Gasteiger partial charge is 0.124 e. The van der Waals surface area contributed by atoms with E-state index in [4.69, 9.17) is 5.73 Å². The van der Waals surface area contributed by atoms with E-state index in [9.17, 15) is 0 Å². The molecule has 0 radical (unpaired) electrons. The molecule has 0 aliphatic carbocycles. The van der Waals surface area contributed by atoms with Gasteiger partial charge in [-0.1, -0.05) is 28.1 Å². The lowest BCUT2D eigenvalue weighted by atomic mass is 10.1. The molecule has 2 aromatic carbocycles. The molecule has 0 saturated carbocycles. The van der Waals surface area contributed by atoms with Gasteiger partial charge in [0.15, 0.2) is 0 Å². The molecular formula is C14H11BrN2S. The van der Waals surface area contributed by atoms with Gasteiger partial charge in [0.2, 0.25) is 0 Å². The van der Waals surface area contributed by atoms with E-state index in [2.05, 4.69) is 33.0 Å². The van der Waals surface area contributed by atoms with Gasteiger partial charge in [0.1, 0.15) is 5.01 Å². The van der Waals surface area contributed by atoms with Crippen LogP contribution in [0, 0.1) is 6.92 Å². The number of aryl methyl sites for hydroxylation is 1. The monoisotopic (exact) mass is 318 g/mol. The van der Waals surface area contributed by atoms with Crippen LogP contribution < -0.4 is 5.73 Å². The Hall–Kier alpha value is -1.39. The van der Waals surface area contributed by atoms with E-state index in [-0.39, 0.29) is 0 Å². The highest BCUT2D eigenvalue weighted by Gasteiger charge is 2.07. The Balaban J connectivity index is 2.16. The van der Waals surface area contributed by atoms with Crippen molar-refractivity contribution in [1.29, 1.82) is 0 Å². The van der Waals surface area contributed by atoms with E-state index in [1.807, 2.05) is 31.2 Å². The van der Waals surface area contributed by atoms with Crippen molar-refractivity contribution in [3.8, 4) is 10.6 Å². The number of nitrogen functional groups attached to an aromatic ring is 1. The molecule has 0 bridgehead atoms. The Morgan fingerprint density at radius 2 is 2.00 bits per heavy atom. The van der Waals surface area contributed by atoms with Gasteiger partial charge in [-0.2, -0.15) is 0 Å². The Kier molecular flexibility index (Phi) is 2.84. The van der Waals surface area contributed by atoms with Crippen molar-refractivity contribution in [2.45, 2.75) is 6.92 Å². The largest absolute Gasteiger partial charge is 0.398 e. The third kappa shape index (κ3) is 2.02. The third-order valence-electron chi connectivity index (χ3n) is 2.88. The molecule has 4 heteroatoms. The summed E-state index contributed by atoms with van der Waals surface area (Å²) < 4.78 is 2.26. The SMILES string of the molecule is Cc1ccc(-c2nc3ccc(Br)cc3s2)cc1N. The van der Waals surface area contributed by atoms with Crippen molar-refractivity contribution < 1.29 is 0 Å². The molecule has 0 aliphatic rings. The number of rotatable bonds is 1. The first kappa shape index (κ1) is 11.7. The fourth-order valence-corrected chi connectivity index (χ4v) is 3.31. The molecule has 2 N–H and O–H groups in total. The number of hydrogen-bond acceptors (Lipinski definition) is 3. The number of nitrogens with zero attached hydrogens (tertiary/aromatic N) is 1. The van der Waals surface area contributed by atoms with E-state index in [0.29, 0.717) is 0 Å². The number of benzene rings is 2. The fourth-order valence-electron chi connectivity index (χ4n) is 1.80. The van der Waals surface area contributed by atoms with Gasteiger partial charge in [-0.25, -0.2) is 4.98 Å². The summed E-state index contributed by atoms with van der Waals surface area (Å²) in [5, 5.41) is 1.01. The molecule has 2 nitrogen and oxygen atoms in total. The van der Waals surface area contributed by atoms with E-state index in [1.54, 1.807) is 11.3 Å². The van der Waals surface area contributed by atoms with E-state index in [0.717, 1.165) is 31.8 Å². The van der Waals surface area contributed by atoms with Crippen LogP contribution in [-0.4, -0.2) is 4.98 Å². The van der Waals surface area contributed by atoms with Gasteiger partial charge in [-0.3, -0.25) is 0 Å². The molecule has 0 amide bonds. The number of thiazole rings is 1. The quantitative estimate of drug-likeness (QED) is 0.665. The van der Waals surface area contributed by atoms with Gasteiger partial charge in [-0.15, -0.1) is 11.3 Å². The highest BCUT2D eigenvalue weighted by Crippen LogP contribution is 2.32. The molecule has 0 aliphatic heterocycles. The summed E-state index contributed by atoms with van der Waals surface area (Å²) in [7, 11) is 0. The molecule has 0 unspecified atom stereocenters. The highest BCUT2D eigenvalue weighted by molar-refractivity contribution is 9.10. The van der Waals surface area contributed by atoms with Gasteiger partial charge in [-0.05, 0) is 36.8 Å². The first-order chi connectivity index (χ1) is 8.63. The number of anilines is 1. The average molecular weight is 319 g/mol. The summed E-state index contributed by atoms with van der Waals surface area (Å²) in [5.74, 6) is 0. The number of fused-ring (bicyclic) bond motifs is 1. The predicted octanol–water partition coefficient (Wildman–Crippen LogP) is 4.62. The van der Waals surface area contributed by atoms with Crippen molar-refractivity contribution in [3.05, 3.63) is 46.4 Å². The van der Waals surface area contributed by atoms with Gasteiger partial charge in [0, 0.05) is 15.7 Å². The Morgan fingerprint density at radius 1 is 1.17 bits per heavy atom. The minimum absolute atomic E-state index is 0.813. The van der Waals surface area contributed by atoms with E-state index in [1.165, 1.54) is 4.70 Å². The van der Waals surface area contributed by atoms with Crippen molar-refractivity contribution >= 4 is 43.2 Å².